The molecule has 2 heterocycles. The van der Waals surface area contributed by atoms with Crippen LogP contribution in [0, 0.1) is 5.82 Å². The maximum absolute atomic E-state index is 15.5. The zero-order valence-corrected chi connectivity index (χ0v) is 20.5. The Hall–Kier alpha value is -3.47. The number of halogens is 1. The highest BCUT2D eigenvalue weighted by Crippen LogP contribution is 2.43. The van der Waals surface area contributed by atoms with Crippen LogP contribution < -0.4 is 25.7 Å². The van der Waals surface area contributed by atoms with E-state index in [2.05, 4.69) is 15.4 Å². The van der Waals surface area contributed by atoms with Gasteiger partial charge in [0.25, 0.3) is 5.91 Å². The van der Waals surface area contributed by atoms with Gasteiger partial charge in [-0.2, -0.15) is 0 Å². The lowest BCUT2D eigenvalue weighted by Gasteiger charge is -2.35. The molecule has 36 heavy (non-hydrogen) atoms. The van der Waals surface area contributed by atoms with Crippen LogP contribution in [0.3, 0.4) is 0 Å². The molecule has 2 aromatic rings. The summed E-state index contributed by atoms with van der Waals surface area (Å²) >= 11 is 0. The van der Waals surface area contributed by atoms with Gasteiger partial charge in [0.05, 0.1) is 18.0 Å². The van der Waals surface area contributed by atoms with E-state index in [4.69, 9.17) is 4.74 Å². The van der Waals surface area contributed by atoms with Gasteiger partial charge in [-0.15, -0.1) is 0 Å². The molecule has 0 bridgehead atoms. The molecule has 0 radical (unpaired) electrons. The molecule has 1 atom stereocenters. The van der Waals surface area contributed by atoms with Crippen LogP contribution in [0.4, 0.5) is 10.1 Å². The molecule has 0 spiro atoms. The first-order chi connectivity index (χ1) is 17.3. The summed E-state index contributed by atoms with van der Waals surface area (Å²) in [5, 5.41) is 6.07. The number of esters is 1. The minimum absolute atomic E-state index is 0.0218. The number of nitrogens with one attached hydrogen (secondary N) is 2. The number of ether oxygens (including phenoxy) is 2. The highest BCUT2D eigenvalue weighted by Gasteiger charge is 2.32. The van der Waals surface area contributed by atoms with Crippen LogP contribution in [0.25, 0.3) is 10.9 Å². The number of benzene rings is 1. The summed E-state index contributed by atoms with van der Waals surface area (Å²) in [5.41, 5.74) is 0.137. The molecule has 10 nitrogen and oxygen atoms in total. The van der Waals surface area contributed by atoms with E-state index in [1.54, 1.807) is 0 Å². The highest BCUT2D eigenvalue weighted by atomic mass is 19.1. The third kappa shape index (κ3) is 5.35. The van der Waals surface area contributed by atoms with Gasteiger partial charge in [0.1, 0.15) is 17.9 Å². The van der Waals surface area contributed by atoms with Crippen molar-refractivity contribution in [1.82, 2.24) is 15.2 Å². The Balaban J connectivity index is 1.66. The lowest BCUT2D eigenvalue weighted by molar-refractivity contribution is -0.145. The Labute approximate surface area is 207 Å². The van der Waals surface area contributed by atoms with Crippen molar-refractivity contribution in [1.29, 1.82) is 0 Å². The molecule has 1 aromatic heterocycles. The van der Waals surface area contributed by atoms with E-state index in [1.807, 2.05) is 16.4 Å². The summed E-state index contributed by atoms with van der Waals surface area (Å²) in [6.07, 6.45) is 4.07. The van der Waals surface area contributed by atoms with E-state index in [9.17, 15) is 19.2 Å². The average Bonchev–Trinajstić information content (AvgIpc) is 3.70. The molecule has 1 aromatic carbocycles. The first-order valence-corrected chi connectivity index (χ1v) is 12.2. The Kier molecular flexibility index (Phi) is 7.88. The first-order valence-electron chi connectivity index (χ1n) is 12.2. The molecule has 2 N–H and O–H groups in total. The van der Waals surface area contributed by atoms with Gasteiger partial charge >= 0.3 is 5.97 Å². The average molecular weight is 503 g/mol. The second kappa shape index (κ2) is 11.1. The molecule has 1 aliphatic heterocycles. The number of fused-ring (bicyclic) bond motifs is 1. The van der Waals surface area contributed by atoms with Gasteiger partial charge in [0, 0.05) is 50.9 Å². The maximum atomic E-state index is 15.5. The van der Waals surface area contributed by atoms with Crippen molar-refractivity contribution in [2.24, 2.45) is 0 Å². The summed E-state index contributed by atoms with van der Waals surface area (Å²) in [5.74, 6) is -1.42. The van der Waals surface area contributed by atoms with Crippen LogP contribution in [0.5, 0.6) is 5.75 Å². The van der Waals surface area contributed by atoms with Crippen molar-refractivity contribution >= 4 is 34.8 Å². The van der Waals surface area contributed by atoms with Gasteiger partial charge in [0.2, 0.25) is 5.43 Å². The Morgan fingerprint density at radius 2 is 2.11 bits per heavy atom. The fourth-order valence-electron chi connectivity index (χ4n) is 4.60. The van der Waals surface area contributed by atoms with Gasteiger partial charge in [-0.1, -0.05) is 0 Å². The quantitative estimate of drug-likeness (QED) is 0.285. The molecular weight excluding hydrogens is 471 g/mol. The Morgan fingerprint density at radius 3 is 2.78 bits per heavy atom. The van der Waals surface area contributed by atoms with Crippen molar-refractivity contribution in [3.63, 3.8) is 0 Å². The number of carbonyl (C=O) groups is 3. The minimum atomic E-state index is -0.600. The molecule has 4 rings (SSSR count). The molecule has 11 heteroatoms. The zero-order valence-electron chi connectivity index (χ0n) is 20.5. The van der Waals surface area contributed by atoms with Gasteiger partial charge in [0.15, 0.2) is 17.9 Å². The SMILES string of the molecule is COc1c(N2CCNC(C)C2)c(F)cc2c(=O)c(C(=O)NCCCC(=O)OCC=O)cn(C3CC3)c12. The van der Waals surface area contributed by atoms with E-state index in [0.717, 1.165) is 12.8 Å². The molecule has 1 aliphatic carbocycles. The summed E-state index contributed by atoms with van der Waals surface area (Å²) in [4.78, 5) is 49.9. The number of pyridine rings is 1. The van der Waals surface area contributed by atoms with Gasteiger partial charge in [-0.05, 0) is 32.3 Å². The lowest BCUT2D eigenvalue weighted by atomic mass is 10.1. The first kappa shape index (κ1) is 25.6. The fourth-order valence-corrected chi connectivity index (χ4v) is 4.60. The monoisotopic (exact) mass is 502 g/mol. The van der Waals surface area contributed by atoms with Gasteiger partial charge < -0.3 is 29.6 Å². The molecule has 194 valence electrons. The standard InChI is InChI=1S/C25H31FN4O6/c1-15-13-29(9-8-27-15)22-19(26)12-17-21(24(22)35-2)30(16-5-6-16)14-18(23(17)33)25(34)28-7-3-4-20(32)36-11-10-31/h10,12,14-16,27H,3-9,11,13H2,1-2H3,(H,28,34). The number of carbonyl (C=O) groups excluding carboxylic acids is 3. The summed E-state index contributed by atoms with van der Waals surface area (Å²) in [7, 11) is 1.46. The lowest BCUT2D eigenvalue weighted by Crippen LogP contribution is -2.49. The van der Waals surface area contributed by atoms with Crippen LogP contribution >= 0.6 is 0 Å². The number of amides is 1. The minimum Gasteiger partial charge on any atom is -0.492 e. The number of anilines is 1. The number of nitrogens with zero attached hydrogens (tertiary/aromatic N) is 2. The molecule has 2 fully saturated rings. The number of rotatable bonds is 10. The number of piperazine rings is 1. The molecule has 1 saturated carbocycles. The fraction of sp³-hybridized carbons (Fsp3) is 0.520. The topological polar surface area (TPSA) is 119 Å². The van der Waals surface area contributed by atoms with Gasteiger partial charge in [-0.3, -0.25) is 19.2 Å². The number of methoxy groups -OCH3 is 1. The molecule has 2 aliphatic rings. The maximum Gasteiger partial charge on any atom is 0.306 e. The van der Waals surface area contributed by atoms with E-state index < -0.39 is 23.1 Å². The van der Waals surface area contributed by atoms with Gasteiger partial charge in [-0.25, -0.2) is 4.39 Å². The number of hydrogen-bond donors (Lipinski definition) is 2. The molecule has 1 saturated heterocycles. The smallest absolute Gasteiger partial charge is 0.306 e. The number of aldehydes is 1. The second-order valence-corrected chi connectivity index (χ2v) is 9.16. The predicted octanol–water partition coefficient (Wildman–Crippen LogP) is 1.53. The Morgan fingerprint density at radius 1 is 1.33 bits per heavy atom. The van der Waals surface area contributed by atoms with E-state index in [1.165, 1.54) is 19.4 Å². The largest absolute Gasteiger partial charge is 0.492 e. The predicted molar refractivity (Wildman–Crippen MR) is 131 cm³/mol. The summed E-state index contributed by atoms with van der Waals surface area (Å²) in [6, 6.07) is 1.46. The summed E-state index contributed by atoms with van der Waals surface area (Å²) < 4.78 is 27.7. The molecular formula is C25H31FN4O6. The molecule has 1 amide bonds. The third-order valence-electron chi connectivity index (χ3n) is 6.43. The molecule has 1 unspecified atom stereocenters. The van der Waals surface area contributed by atoms with E-state index >= 15 is 4.39 Å². The van der Waals surface area contributed by atoms with Crippen LogP contribution in [-0.4, -0.2) is 68.7 Å². The van der Waals surface area contributed by atoms with Crippen LogP contribution in [-0.2, 0) is 14.3 Å². The van der Waals surface area contributed by atoms with E-state index in [-0.39, 0.29) is 49.0 Å². The van der Waals surface area contributed by atoms with Crippen LogP contribution in [0.2, 0.25) is 0 Å². The van der Waals surface area contributed by atoms with Crippen molar-refractivity contribution in [3.8, 4) is 5.75 Å². The second-order valence-electron chi connectivity index (χ2n) is 9.16. The third-order valence-corrected chi connectivity index (χ3v) is 6.43. The highest BCUT2D eigenvalue weighted by molar-refractivity contribution is 6.00. The normalized spacial score (nSPS) is 17.6. The van der Waals surface area contributed by atoms with E-state index in [0.29, 0.717) is 42.9 Å². The van der Waals surface area contributed by atoms with Crippen molar-refractivity contribution in [3.05, 3.63) is 33.9 Å². The zero-order chi connectivity index (χ0) is 25.8. The number of hydrogen-bond acceptors (Lipinski definition) is 8. The van der Waals surface area contributed by atoms with Crippen LogP contribution in [0.15, 0.2) is 17.1 Å². The van der Waals surface area contributed by atoms with Crippen molar-refractivity contribution in [2.45, 2.75) is 44.7 Å². The van der Waals surface area contributed by atoms with Crippen molar-refractivity contribution in [2.75, 3.05) is 44.8 Å². The van der Waals surface area contributed by atoms with Crippen molar-refractivity contribution < 1.29 is 28.2 Å². The number of aromatic nitrogens is 1. The Bertz CT molecular complexity index is 1230. The summed E-state index contributed by atoms with van der Waals surface area (Å²) in [6.45, 7) is 3.74. The van der Waals surface area contributed by atoms with Crippen LogP contribution in [0.1, 0.15) is 49.0 Å².